The fourth-order valence-corrected chi connectivity index (χ4v) is 8.85. The number of anilines is 2. The summed E-state index contributed by atoms with van der Waals surface area (Å²) in [5.41, 5.74) is 0.717. The van der Waals surface area contributed by atoms with E-state index in [1.807, 2.05) is 25.7 Å². The molecule has 0 bridgehead atoms. The van der Waals surface area contributed by atoms with Crippen LogP contribution in [0.3, 0.4) is 0 Å². The molecule has 0 unspecified atom stereocenters. The van der Waals surface area contributed by atoms with Crippen molar-refractivity contribution in [2.75, 3.05) is 16.4 Å². The summed E-state index contributed by atoms with van der Waals surface area (Å²) >= 11 is 0. The minimum absolute atomic E-state index is 0.0195. The lowest BCUT2D eigenvalue weighted by atomic mass is 9.81. The highest BCUT2D eigenvalue weighted by Gasteiger charge is 2.52. The number of esters is 1. The second-order valence-electron chi connectivity index (χ2n) is 17.5. The number of hydrogen-bond acceptors (Lipinski definition) is 8. The number of ketones is 1. The number of halogens is 2. The molecule has 5 aliphatic rings. The molecule has 13 heteroatoms. The summed E-state index contributed by atoms with van der Waals surface area (Å²) in [5.74, 6) is -1.71. The van der Waals surface area contributed by atoms with E-state index in [1.54, 1.807) is 43.6 Å². The molecule has 3 saturated carbocycles. The number of rotatable bonds is 6. The molecule has 5 atom stereocenters. The lowest BCUT2D eigenvalue weighted by molar-refractivity contribution is -0.146. The fourth-order valence-electron chi connectivity index (χ4n) is 8.85. The highest BCUT2D eigenvalue weighted by atomic mass is 19.1. The van der Waals surface area contributed by atoms with E-state index in [9.17, 15) is 32.8 Å². The van der Waals surface area contributed by atoms with Crippen LogP contribution in [-0.2, 0) is 23.8 Å². The third kappa shape index (κ3) is 8.86. The maximum Gasteiger partial charge on any atom is 0.415 e. The molecule has 7 rings (SSSR count). The van der Waals surface area contributed by atoms with Gasteiger partial charge in [-0.1, -0.05) is 12.8 Å². The van der Waals surface area contributed by atoms with Crippen LogP contribution < -0.4 is 9.80 Å². The number of amides is 3. The van der Waals surface area contributed by atoms with E-state index in [0.29, 0.717) is 16.9 Å². The quantitative estimate of drug-likeness (QED) is 0.210. The van der Waals surface area contributed by atoms with Crippen LogP contribution in [0, 0.1) is 23.5 Å². The van der Waals surface area contributed by atoms with Crippen molar-refractivity contribution < 1.29 is 47.0 Å². The molecule has 3 fully saturated rings. The van der Waals surface area contributed by atoms with E-state index in [1.165, 1.54) is 30.3 Å². The Balaban J connectivity index is 0.000000208. The second-order valence-corrected chi connectivity index (χ2v) is 17.5. The zero-order valence-corrected chi connectivity index (χ0v) is 33.6. The Hall–Kier alpha value is -4.55. The van der Waals surface area contributed by atoms with E-state index in [4.69, 9.17) is 14.2 Å². The summed E-state index contributed by atoms with van der Waals surface area (Å²) in [5, 5.41) is 0. The summed E-state index contributed by atoms with van der Waals surface area (Å²) in [6.45, 7) is 12.9. The summed E-state index contributed by atoms with van der Waals surface area (Å²) in [7, 11) is 0. The molecular weight excluding hydrogens is 724 g/mol. The van der Waals surface area contributed by atoms with Crippen molar-refractivity contribution in [1.29, 1.82) is 0 Å². The van der Waals surface area contributed by atoms with E-state index in [2.05, 4.69) is 0 Å². The minimum atomic E-state index is -0.661. The fraction of sp³-hybridized carbons (Fsp3) is 0.605. The number of carbonyl (C=O) groups excluding carboxylic acids is 5. The molecule has 0 aromatic heterocycles. The number of benzene rings is 2. The third-order valence-electron chi connectivity index (χ3n) is 11.0. The van der Waals surface area contributed by atoms with E-state index < -0.39 is 41.0 Å². The van der Waals surface area contributed by atoms with Crippen molar-refractivity contribution in [3.63, 3.8) is 0 Å². The Bertz CT molecular complexity index is 1850. The zero-order chi connectivity index (χ0) is 40.7. The van der Waals surface area contributed by atoms with Crippen LogP contribution in [0.2, 0.25) is 0 Å². The summed E-state index contributed by atoms with van der Waals surface area (Å²) in [6, 6.07) is 7.88. The van der Waals surface area contributed by atoms with Crippen LogP contribution in [0.25, 0.3) is 0 Å². The van der Waals surface area contributed by atoms with Gasteiger partial charge in [-0.3, -0.25) is 24.2 Å². The van der Waals surface area contributed by atoms with E-state index >= 15 is 0 Å². The van der Waals surface area contributed by atoms with Gasteiger partial charge < -0.3 is 19.1 Å². The summed E-state index contributed by atoms with van der Waals surface area (Å²) in [4.78, 5) is 68.9. The maximum absolute atomic E-state index is 14.5. The predicted octanol–water partition coefficient (Wildman–Crippen LogP) is 9.06. The largest absolute Gasteiger partial charge is 0.466 e. The van der Waals surface area contributed by atoms with Gasteiger partial charge in [-0.05, 0) is 123 Å². The van der Waals surface area contributed by atoms with Gasteiger partial charge in [0.2, 0.25) is 5.91 Å². The van der Waals surface area contributed by atoms with Gasteiger partial charge in [0.15, 0.2) is 5.78 Å². The average Bonchev–Trinajstić information content (AvgIpc) is 3.60. The Morgan fingerprint density at radius 1 is 0.750 bits per heavy atom. The first-order chi connectivity index (χ1) is 26.4. The molecule has 304 valence electrons. The van der Waals surface area contributed by atoms with Crippen LogP contribution in [0.1, 0.15) is 135 Å². The molecule has 0 N–H and O–H groups in total. The molecule has 3 amide bonds. The van der Waals surface area contributed by atoms with E-state index in [0.717, 1.165) is 51.4 Å². The smallest absolute Gasteiger partial charge is 0.415 e. The molecule has 11 nitrogen and oxygen atoms in total. The van der Waals surface area contributed by atoms with Crippen molar-refractivity contribution in [2.45, 2.75) is 148 Å². The van der Waals surface area contributed by atoms with Crippen molar-refractivity contribution >= 4 is 41.2 Å². The predicted molar refractivity (Wildman–Crippen MR) is 205 cm³/mol. The summed E-state index contributed by atoms with van der Waals surface area (Å²) in [6.07, 6.45) is 5.89. The normalized spacial score (nSPS) is 23.8. The number of Topliss-reactive ketones (excluding diaryl/α,β-unsaturated/α-hetero) is 1. The van der Waals surface area contributed by atoms with Gasteiger partial charge in [0.1, 0.15) is 22.8 Å². The minimum Gasteiger partial charge on any atom is -0.466 e. The molecule has 2 aliphatic heterocycles. The van der Waals surface area contributed by atoms with Crippen molar-refractivity contribution in [3.8, 4) is 0 Å². The SMILES string of the molecule is CC(C)(C)OC(=O)N1c2ccc(F)cc2C(=O)[C@@H]2CCC[C@@H]21.CCOC(=O)CCC(=O)N(C1CC1)[C@H]1c2cc(F)ccc2N(C(=O)OC(C)(C)C)[C@H]2CCC[C@H]21. The third-order valence-corrected chi connectivity index (χ3v) is 11.0. The topological polar surface area (TPSA) is 123 Å². The van der Waals surface area contributed by atoms with Crippen LogP contribution in [0.4, 0.5) is 29.7 Å². The number of fused-ring (bicyclic) bond motifs is 4. The Morgan fingerprint density at radius 3 is 1.93 bits per heavy atom. The van der Waals surface area contributed by atoms with Crippen molar-refractivity contribution in [2.24, 2.45) is 11.8 Å². The zero-order valence-electron chi connectivity index (χ0n) is 33.6. The molecule has 0 radical (unpaired) electrons. The Labute approximate surface area is 328 Å². The molecule has 0 spiro atoms. The molecule has 56 heavy (non-hydrogen) atoms. The van der Waals surface area contributed by atoms with Gasteiger partial charge in [-0.25, -0.2) is 18.4 Å². The standard InChI is InChI=1S/C26H35FN2O5.C17H20FNO3/c1-5-33-23(31)14-13-22(30)28(17-10-11-17)24-18-7-6-8-20(18)29(25(32)34-26(2,3)4)21-12-9-16(27)15-19(21)24;1-17(2,3)22-16(21)19-13-6-4-5-11(13)15(20)12-9-10(18)7-8-14(12)19/h9,12,15,17-18,20,24H,5-8,10-11,13-14H2,1-4H3;7-9,11,13H,4-6H2,1-3H3/t18-,20+,24-;11-,13+/m11/s1. The molecule has 2 heterocycles. The number of nitrogens with zero attached hydrogens (tertiary/aromatic N) is 3. The van der Waals surface area contributed by atoms with Crippen molar-refractivity contribution in [1.82, 2.24) is 4.90 Å². The molecule has 2 aromatic carbocycles. The van der Waals surface area contributed by atoms with Gasteiger partial charge in [0.05, 0.1) is 36.5 Å². The lowest BCUT2D eigenvalue weighted by Gasteiger charge is -2.47. The van der Waals surface area contributed by atoms with Gasteiger partial charge >= 0.3 is 18.2 Å². The molecule has 2 aromatic rings. The van der Waals surface area contributed by atoms with Gasteiger partial charge in [0.25, 0.3) is 0 Å². The molecular formula is C43H55F2N3O8. The molecule has 0 saturated heterocycles. The molecule has 3 aliphatic carbocycles. The maximum atomic E-state index is 14.5. The highest BCUT2D eigenvalue weighted by molar-refractivity contribution is 6.09. The van der Waals surface area contributed by atoms with Gasteiger partial charge in [-0.15, -0.1) is 0 Å². The van der Waals surface area contributed by atoms with Crippen LogP contribution >= 0.6 is 0 Å². The van der Waals surface area contributed by atoms with Crippen LogP contribution in [-0.4, -0.2) is 70.7 Å². The monoisotopic (exact) mass is 779 g/mol. The first-order valence-electron chi connectivity index (χ1n) is 20.0. The average molecular weight is 780 g/mol. The Morgan fingerprint density at radius 2 is 1.32 bits per heavy atom. The number of carbonyl (C=O) groups is 5. The number of hydrogen-bond donors (Lipinski definition) is 0. The second kappa shape index (κ2) is 16.1. The van der Waals surface area contributed by atoms with Gasteiger partial charge in [0, 0.05) is 41.5 Å². The first kappa shape index (κ1) is 41.1. The van der Waals surface area contributed by atoms with Crippen molar-refractivity contribution in [3.05, 3.63) is 59.2 Å². The number of ether oxygens (including phenoxy) is 3. The van der Waals surface area contributed by atoms with Crippen LogP contribution in [0.15, 0.2) is 36.4 Å². The Kier molecular flexibility index (Phi) is 11.8. The van der Waals surface area contributed by atoms with Crippen LogP contribution in [0.5, 0.6) is 0 Å². The van der Waals surface area contributed by atoms with Gasteiger partial charge in [-0.2, -0.15) is 0 Å². The lowest BCUT2D eigenvalue weighted by Crippen LogP contribution is -2.53. The first-order valence-corrected chi connectivity index (χ1v) is 20.0. The summed E-state index contributed by atoms with van der Waals surface area (Å²) < 4.78 is 44.3. The van der Waals surface area contributed by atoms with E-state index in [-0.39, 0.29) is 72.7 Å². The highest BCUT2D eigenvalue weighted by Crippen LogP contribution is 2.53.